The van der Waals surface area contributed by atoms with Crippen LogP contribution >= 0.6 is 0 Å². The first-order valence-electron chi connectivity index (χ1n) is 6.72. The Kier molecular flexibility index (Phi) is 3.47. The summed E-state index contributed by atoms with van der Waals surface area (Å²) in [6, 6.07) is 9.37. The average molecular weight is 292 g/mol. The van der Waals surface area contributed by atoms with Crippen LogP contribution < -0.4 is 10.5 Å². The lowest BCUT2D eigenvalue weighted by molar-refractivity contribution is 0.0997. The summed E-state index contributed by atoms with van der Waals surface area (Å²) < 4.78 is 5.35. The molecule has 0 atom stereocenters. The number of benzene rings is 1. The number of hydrogen-bond donors (Lipinski definition) is 1. The third kappa shape index (κ3) is 2.26. The third-order valence-corrected chi connectivity index (χ3v) is 3.54. The number of carbonyl (C=O) groups excluding carboxylic acids is 1. The number of fused-ring (bicyclic) bond motifs is 1. The molecule has 0 fully saturated rings. The molecule has 5 heteroatoms. The Hall–Kier alpha value is -2.95. The molecule has 5 nitrogen and oxygen atoms in total. The van der Waals surface area contributed by atoms with Gasteiger partial charge in [0.1, 0.15) is 5.69 Å². The molecule has 109 valence electrons. The second-order valence-electron chi connectivity index (χ2n) is 4.91. The van der Waals surface area contributed by atoms with Crippen molar-refractivity contribution >= 4 is 16.7 Å². The molecule has 0 aliphatic carbocycles. The molecule has 0 saturated carbocycles. The number of nitrogens with zero attached hydrogens (tertiary/aromatic N) is 2. The maximum Gasteiger partial charge on any atom is 0.267 e. The molecule has 0 saturated heterocycles. The minimum atomic E-state index is -0.575. The second kappa shape index (κ2) is 5.44. The van der Waals surface area contributed by atoms with Gasteiger partial charge in [-0.25, -0.2) is 9.97 Å². The van der Waals surface area contributed by atoms with Gasteiger partial charge in [-0.3, -0.25) is 4.79 Å². The molecule has 0 unspecified atom stereocenters. The lowest BCUT2D eigenvalue weighted by atomic mass is 9.98. The summed E-state index contributed by atoms with van der Waals surface area (Å²) in [5.74, 6) is -0.0377. The molecule has 2 aromatic heterocycles. The molecule has 1 aromatic carbocycles. The Morgan fingerprint density at radius 1 is 1.32 bits per heavy atom. The Balaban J connectivity index is 2.30. The highest BCUT2D eigenvalue weighted by molar-refractivity contribution is 6.05. The van der Waals surface area contributed by atoms with Gasteiger partial charge in [0.25, 0.3) is 5.91 Å². The van der Waals surface area contributed by atoms with Crippen molar-refractivity contribution in [1.82, 2.24) is 9.97 Å². The van der Waals surface area contributed by atoms with Gasteiger partial charge < -0.3 is 10.5 Å². The van der Waals surface area contributed by atoms with Crippen molar-refractivity contribution in [1.29, 1.82) is 0 Å². The molecular formula is C17H14N3O2. The maximum atomic E-state index is 11.6. The van der Waals surface area contributed by atoms with E-state index < -0.39 is 5.91 Å². The van der Waals surface area contributed by atoms with Gasteiger partial charge in [0.15, 0.2) is 0 Å². The van der Waals surface area contributed by atoms with Gasteiger partial charge in [-0.05, 0) is 41.6 Å². The monoisotopic (exact) mass is 292 g/mol. The van der Waals surface area contributed by atoms with Crippen LogP contribution in [0.25, 0.3) is 21.9 Å². The zero-order chi connectivity index (χ0) is 15.7. The van der Waals surface area contributed by atoms with Gasteiger partial charge in [-0.15, -0.1) is 0 Å². The van der Waals surface area contributed by atoms with Gasteiger partial charge in [-0.2, -0.15) is 0 Å². The Morgan fingerprint density at radius 3 is 2.86 bits per heavy atom. The summed E-state index contributed by atoms with van der Waals surface area (Å²) in [6.45, 7) is 1.98. The van der Waals surface area contributed by atoms with E-state index in [-0.39, 0.29) is 5.69 Å². The standard InChI is InChI=1S/C17H14N3O2/c1-10-5-7-20-17(22-2)14(10)12-4-3-11-6-8-19-15(16(18)21)13(11)9-12/h3-7,9H,1-2H3,(H2,18,21). The van der Waals surface area contributed by atoms with E-state index in [1.54, 1.807) is 19.4 Å². The predicted octanol–water partition coefficient (Wildman–Crippen LogP) is 2.51. The summed E-state index contributed by atoms with van der Waals surface area (Å²) in [7, 11) is 1.58. The molecule has 0 aliphatic rings. The number of nitrogens with two attached hydrogens (primary N) is 1. The SMILES string of the molecule is COc1nccc(C)c1-c1ccc2c[c]nc(C(N)=O)c2c1. The second-order valence-corrected chi connectivity index (χ2v) is 4.91. The first kappa shape index (κ1) is 14.0. The van der Waals surface area contributed by atoms with E-state index in [0.717, 1.165) is 22.1 Å². The molecule has 2 N–H and O–H groups in total. The van der Waals surface area contributed by atoms with Crippen LogP contribution in [0.1, 0.15) is 16.1 Å². The number of aryl methyl sites for hydroxylation is 1. The van der Waals surface area contributed by atoms with Gasteiger partial charge in [0.05, 0.1) is 13.3 Å². The number of carbonyl (C=O) groups is 1. The largest absolute Gasteiger partial charge is 0.481 e. The highest BCUT2D eigenvalue weighted by atomic mass is 16.5. The van der Waals surface area contributed by atoms with Crippen molar-refractivity contribution in [3.63, 3.8) is 0 Å². The van der Waals surface area contributed by atoms with Crippen LogP contribution in [0.15, 0.2) is 36.5 Å². The minimum absolute atomic E-state index is 0.208. The van der Waals surface area contributed by atoms with Crippen LogP contribution in [0.3, 0.4) is 0 Å². The van der Waals surface area contributed by atoms with Crippen molar-refractivity contribution in [3.05, 3.63) is 54.0 Å². The zero-order valence-electron chi connectivity index (χ0n) is 12.3. The van der Waals surface area contributed by atoms with Gasteiger partial charge in [0.2, 0.25) is 5.88 Å². The van der Waals surface area contributed by atoms with Crippen molar-refractivity contribution in [2.45, 2.75) is 6.92 Å². The third-order valence-electron chi connectivity index (χ3n) is 3.54. The Labute approximate surface area is 127 Å². The Bertz CT molecular complexity index is 875. The van der Waals surface area contributed by atoms with Gasteiger partial charge in [0, 0.05) is 17.1 Å². The number of hydrogen-bond acceptors (Lipinski definition) is 4. The number of aromatic nitrogens is 2. The fourth-order valence-electron chi connectivity index (χ4n) is 2.50. The van der Waals surface area contributed by atoms with Crippen molar-refractivity contribution in [3.8, 4) is 17.0 Å². The van der Waals surface area contributed by atoms with E-state index in [4.69, 9.17) is 10.5 Å². The predicted molar refractivity (Wildman–Crippen MR) is 83.6 cm³/mol. The van der Waals surface area contributed by atoms with E-state index in [1.807, 2.05) is 31.2 Å². The number of amides is 1. The van der Waals surface area contributed by atoms with Crippen LogP contribution in [0.4, 0.5) is 0 Å². The number of methoxy groups -OCH3 is 1. The highest BCUT2D eigenvalue weighted by Crippen LogP contribution is 2.33. The highest BCUT2D eigenvalue weighted by Gasteiger charge is 2.13. The molecule has 22 heavy (non-hydrogen) atoms. The quantitative estimate of drug-likeness (QED) is 0.804. The van der Waals surface area contributed by atoms with Crippen LogP contribution in [-0.4, -0.2) is 23.0 Å². The summed E-state index contributed by atoms with van der Waals surface area (Å²) in [4.78, 5) is 19.8. The van der Waals surface area contributed by atoms with E-state index in [1.165, 1.54) is 0 Å². The van der Waals surface area contributed by atoms with E-state index in [9.17, 15) is 4.79 Å². The fourth-order valence-corrected chi connectivity index (χ4v) is 2.50. The average Bonchev–Trinajstić information content (AvgIpc) is 2.53. The van der Waals surface area contributed by atoms with E-state index in [0.29, 0.717) is 11.3 Å². The van der Waals surface area contributed by atoms with Crippen LogP contribution in [0.5, 0.6) is 5.88 Å². The Morgan fingerprint density at radius 2 is 2.14 bits per heavy atom. The first-order chi connectivity index (χ1) is 10.6. The molecule has 0 aliphatic heterocycles. The van der Waals surface area contributed by atoms with Gasteiger partial charge >= 0.3 is 0 Å². The van der Waals surface area contributed by atoms with E-state index >= 15 is 0 Å². The number of pyridine rings is 2. The lowest BCUT2D eigenvalue weighted by Gasteiger charge is -2.12. The first-order valence-corrected chi connectivity index (χ1v) is 6.72. The maximum absolute atomic E-state index is 11.6. The topological polar surface area (TPSA) is 78.1 Å². The molecule has 0 bridgehead atoms. The van der Waals surface area contributed by atoms with Crippen molar-refractivity contribution in [2.24, 2.45) is 5.73 Å². The number of primary amides is 1. The molecule has 3 rings (SSSR count). The molecule has 1 radical (unpaired) electrons. The van der Waals surface area contributed by atoms with Crippen molar-refractivity contribution in [2.75, 3.05) is 7.11 Å². The molecule has 2 heterocycles. The van der Waals surface area contributed by atoms with Gasteiger partial charge in [-0.1, -0.05) is 12.1 Å². The molecular weight excluding hydrogens is 278 g/mol. The van der Waals surface area contributed by atoms with Crippen LogP contribution in [0, 0.1) is 13.1 Å². The molecule has 0 spiro atoms. The summed E-state index contributed by atoms with van der Waals surface area (Å²) in [5.41, 5.74) is 8.41. The fraction of sp³-hybridized carbons (Fsp3) is 0.118. The van der Waals surface area contributed by atoms with Crippen LogP contribution in [-0.2, 0) is 0 Å². The summed E-state index contributed by atoms with van der Waals surface area (Å²) in [5, 5.41) is 1.54. The van der Waals surface area contributed by atoms with Crippen LogP contribution in [0.2, 0.25) is 0 Å². The number of ether oxygens (including phenoxy) is 1. The summed E-state index contributed by atoms with van der Waals surface area (Å²) >= 11 is 0. The summed E-state index contributed by atoms with van der Waals surface area (Å²) in [6.07, 6.45) is 4.39. The molecule has 1 amide bonds. The normalized spacial score (nSPS) is 10.6. The molecule has 3 aromatic rings. The smallest absolute Gasteiger partial charge is 0.267 e. The zero-order valence-corrected chi connectivity index (χ0v) is 12.3. The number of rotatable bonds is 3. The van der Waals surface area contributed by atoms with E-state index in [2.05, 4.69) is 16.2 Å². The minimum Gasteiger partial charge on any atom is -0.481 e. The van der Waals surface area contributed by atoms with Crippen molar-refractivity contribution < 1.29 is 9.53 Å². The lowest BCUT2D eigenvalue weighted by Crippen LogP contribution is -2.13.